The molecule has 0 spiro atoms. The highest BCUT2D eigenvalue weighted by Gasteiger charge is 2.10. The zero-order valence-corrected chi connectivity index (χ0v) is 11.8. The molecule has 0 radical (unpaired) electrons. The summed E-state index contributed by atoms with van der Waals surface area (Å²) in [5, 5.41) is 0. The maximum atomic E-state index is 11.5. The summed E-state index contributed by atoms with van der Waals surface area (Å²) < 4.78 is 28.1. The van der Waals surface area contributed by atoms with E-state index in [9.17, 15) is 8.42 Å². The minimum atomic E-state index is -3.33. The van der Waals surface area contributed by atoms with Gasteiger partial charge >= 0.3 is 0 Å². The van der Waals surface area contributed by atoms with Crippen LogP contribution in [0.15, 0.2) is 30.3 Å². The van der Waals surface area contributed by atoms with Crippen molar-refractivity contribution in [3.8, 4) is 0 Å². The monoisotopic (exact) mass is 270 g/mol. The maximum absolute atomic E-state index is 11.5. The lowest BCUT2D eigenvalue weighted by Gasteiger charge is -2.13. The van der Waals surface area contributed by atoms with Crippen molar-refractivity contribution in [2.24, 2.45) is 5.92 Å². The molecule has 0 amide bonds. The van der Waals surface area contributed by atoms with Crippen molar-refractivity contribution in [2.75, 3.05) is 13.1 Å². The van der Waals surface area contributed by atoms with Gasteiger partial charge in [0.2, 0.25) is 0 Å². The highest BCUT2D eigenvalue weighted by atomic mass is 32.2. The Labute approximate surface area is 110 Å². The molecule has 0 aliphatic rings. The van der Waals surface area contributed by atoms with Crippen molar-refractivity contribution in [2.45, 2.75) is 26.7 Å². The summed E-state index contributed by atoms with van der Waals surface area (Å²) in [6, 6.07) is 10.1. The van der Waals surface area contributed by atoms with Crippen molar-refractivity contribution in [3.05, 3.63) is 35.9 Å². The van der Waals surface area contributed by atoms with E-state index in [1.807, 2.05) is 32.0 Å². The molecule has 1 aromatic carbocycles. The molecule has 0 heterocycles. The molecule has 5 heteroatoms. The molecule has 0 bridgehead atoms. The number of nitrogens with one attached hydrogen (secondary N) is 2. The van der Waals surface area contributed by atoms with E-state index in [2.05, 4.69) is 21.6 Å². The Balaban J connectivity index is 2.35. The van der Waals surface area contributed by atoms with Gasteiger partial charge < -0.3 is 0 Å². The molecule has 1 aromatic rings. The number of rotatable bonds is 8. The molecule has 0 aliphatic heterocycles. The van der Waals surface area contributed by atoms with Gasteiger partial charge in [0.25, 0.3) is 10.2 Å². The topological polar surface area (TPSA) is 58.2 Å². The molecule has 1 rings (SSSR count). The molecule has 1 unspecified atom stereocenters. The van der Waals surface area contributed by atoms with Gasteiger partial charge in [0.15, 0.2) is 0 Å². The Morgan fingerprint density at radius 2 is 1.83 bits per heavy atom. The van der Waals surface area contributed by atoms with Crippen LogP contribution in [-0.2, 0) is 16.6 Å². The zero-order chi connectivity index (χ0) is 13.4. The van der Waals surface area contributed by atoms with Crippen LogP contribution in [0.1, 0.15) is 25.8 Å². The Morgan fingerprint density at radius 1 is 1.17 bits per heavy atom. The smallest absolute Gasteiger partial charge is 0.202 e. The van der Waals surface area contributed by atoms with Crippen LogP contribution in [0, 0.1) is 5.92 Å². The molecule has 0 fully saturated rings. The summed E-state index contributed by atoms with van der Waals surface area (Å²) >= 11 is 0. The average Bonchev–Trinajstić information content (AvgIpc) is 2.36. The minimum absolute atomic E-state index is 0.269. The fourth-order valence-electron chi connectivity index (χ4n) is 1.63. The van der Waals surface area contributed by atoms with E-state index in [4.69, 9.17) is 0 Å². The Morgan fingerprint density at radius 3 is 2.44 bits per heavy atom. The first kappa shape index (κ1) is 15.1. The van der Waals surface area contributed by atoms with Gasteiger partial charge in [-0.3, -0.25) is 0 Å². The lowest BCUT2D eigenvalue weighted by molar-refractivity contribution is 0.528. The second-order valence-corrected chi connectivity index (χ2v) is 6.13. The summed E-state index contributed by atoms with van der Waals surface area (Å²) in [5.74, 6) is 0.269. The molecule has 102 valence electrons. The van der Waals surface area contributed by atoms with Crippen LogP contribution in [0.3, 0.4) is 0 Å². The minimum Gasteiger partial charge on any atom is -0.202 e. The normalized spacial score (nSPS) is 13.4. The summed E-state index contributed by atoms with van der Waals surface area (Å²) in [7, 11) is -3.33. The van der Waals surface area contributed by atoms with E-state index in [0.717, 1.165) is 12.8 Å². The largest absolute Gasteiger partial charge is 0.276 e. The first-order chi connectivity index (χ1) is 8.53. The van der Waals surface area contributed by atoms with Gasteiger partial charge in [-0.15, -0.1) is 0 Å². The fraction of sp³-hybridized carbons (Fsp3) is 0.538. The molecule has 2 N–H and O–H groups in total. The Kier molecular flexibility index (Phi) is 6.32. The summed E-state index contributed by atoms with van der Waals surface area (Å²) in [6.45, 7) is 4.90. The highest BCUT2D eigenvalue weighted by molar-refractivity contribution is 7.87. The average molecular weight is 270 g/mol. The number of hydrogen-bond acceptors (Lipinski definition) is 2. The maximum Gasteiger partial charge on any atom is 0.276 e. The zero-order valence-electron chi connectivity index (χ0n) is 11.0. The van der Waals surface area contributed by atoms with Gasteiger partial charge in [0.05, 0.1) is 0 Å². The molecular weight excluding hydrogens is 248 g/mol. The van der Waals surface area contributed by atoms with E-state index in [1.165, 1.54) is 5.56 Å². The molecule has 18 heavy (non-hydrogen) atoms. The van der Waals surface area contributed by atoms with Gasteiger partial charge in [-0.1, -0.05) is 44.2 Å². The van der Waals surface area contributed by atoms with Crippen LogP contribution in [-0.4, -0.2) is 21.5 Å². The van der Waals surface area contributed by atoms with Crippen molar-refractivity contribution in [1.29, 1.82) is 0 Å². The van der Waals surface area contributed by atoms with E-state index < -0.39 is 10.2 Å². The van der Waals surface area contributed by atoms with Gasteiger partial charge in [0, 0.05) is 13.1 Å². The standard InChI is InChI=1S/C13H22N2O2S/c1-3-9-14-18(16,17)15-11-12(2)10-13-7-5-4-6-8-13/h4-8,12,14-15H,3,9-11H2,1-2H3. The lowest BCUT2D eigenvalue weighted by atomic mass is 10.0. The lowest BCUT2D eigenvalue weighted by Crippen LogP contribution is -2.39. The quantitative estimate of drug-likeness (QED) is 0.755. The van der Waals surface area contributed by atoms with Crippen LogP contribution in [0.4, 0.5) is 0 Å². The summed E-state index contributed by atoms with van der Waals surface area (Å²) in [5.41, 5.74) is 1.23. The van der Waals surface area contributed by atoms with Gasteiger partial charge in [0.1, 0.15) is 0 Å². The van der Waals surface area contributed by atoms with Crippen LogP contribution < -0.4 is 9.44 Å². The molecule has 1 atom stereocenters. The molecule has 0 saturated heterocycles. The van der Waals surface area contributed by atoms with E-state index in [1.54, 1.807) is 0 Å². The summed E-state index contributed by atoms with van der Waals surface area (Å²) in [4.78, 5) is 0. The third-order valence-corrected chi connectivity index (χ3v) is 3.72. The molecule has 0 aromatic heterocycles. The Bertz CT molecular complexity index is 432. The van der Waals surface area contributed by atoms with Crippen LogP contribution in [0.25, 0.3) is 0 Å². The predicted molar refractivity (Wildman–Crippen MR) is 74.5 cm³/mol. The van der Waals surface area contributed by atoms with Gasteiger partial charge in [-0.25, -0.2) is 9.44 Å². The van der Waals surface area contributed by atoms with E-state index in [-0.39, 0.29) is 5.92 Å². The van der Waals surface area contributed by atoms with Crippen LogP contribution >= 0.6 is 0 Å². The molecule has 0 aliphatic carbocycles. The van der Waals surface area contributed by atoms with Crippen LogP contribution in [0.2, 0.25) is 0 Å². The SMILES string of the molecule is CCCNS(=O)(=O)NCC(C)Cc1ccccc1. The second kappa shape index (κ2) is 7.51. The van der Waals surface area contributed by atoms with Crippen molar-refractivity contribution in [3.63, 3.8) is 0 Å². The van der Waals surface area contributed by atoms with Crippen molar-refractivity contribution in [1.82, 2.24) is 9.44 Å². The predicted octanol–water partition coefficient (Wildman–Crippen LogP) is 1.70. The first-order valence-corrected chi connectivity index (χ1v) is 7.80. The molecule has 0 saturated carbocycles. The van der Waals surface area contributed by atoms with Crippen molar-refractivity contribution < 1.29 is 8.42 Å². The Hall–Kier alpha value is -0.910. The van der Waals surface area contributed by atoms with Gasteiger partial charge in [-0.2, -0.15) is 8.42 Å². The fourth-order valence-corrected chi connectivity index (χ4v) is 2.71. The first-order valence-electron chi connectivity index (χ1n) is 6.31. The third kappa shape index (κ3) is 6.14. The van der Waals surface area contributed by atoms with Crippen molar-refractivity contribution >= 4 is 10.2 Å². The third-order valence-electron chi connectivity index (χ3n) is 2.59. The summed E-state index contributed by atoms with van der Waals surface area (Å²) in [6.07, 6.45) is 1.66. The number of hydrogen-bond donors (Lipinski definition) is 2. The molecule has 4 nitrogen and oxygen atoms in total. The van der Waals surface area contributed by atoms with Gasteiger partial charge in [-0.05, 0) is 24.3 Å². The molecular formula is C13H22N2O2S. The van der Waals surface area contributed by atoms with E-state index >= 15 is 0 Å². The number of benzene rings is 1. The highest BCUT2D eigenvalue weighted by Crippen LogP contribution is 2.07. The van der Waals surface area contributed by atoms with Crippen LogP contribution in [0.5, 0.6) is 0 Å². The second-order valence-electron chi connectivity index (χ2n) is 4.54. The van der Waals surface area contributed by atoms with E-state index in [0.29, 0.717) is 13.1 Å².